The summed E-state index contributed by atoms with van der Waals surface area (Å²) in [5, 5.41) is 1.25. The van der Waals surface area contributed by atoms with E-state index in [0.717, 1.165) is 24.1 Å². The molecule has 0 bridgehead atoms. The lowest BCUT2D eigenvalue weighted by Gasteiger charge is -2.34. The van der Waals surface area contributed by atoms with Crippen molar-refractivity contribution in [3.63, 3.8) is 0 Å². The molecule has 0 spiro atoms. The molecule has 2 aromatic rings. The minimum atomic E-state index is -0.319. The molecule has 1 aliphatic rings. The highest BCUT2D eigenvalue weighted by Gasteiger charge is 2.29. The Bertz CT molecular complexity index is 820. The van der Waals surface area contributed by atoms with Gasteiger partial charge in [-0.05, 0) is 29.7 Å². The lowest BCUT2D eigenvalue weighted by Crippen LogP contribution is -2.35. The van der Waals surface area contributed by atoms with Gasteiger partial charge in [0.15, 0.2) is 5.06 Å². The van der Waals surface area contributed by atoms with Gasteiger partial charge in [0.1, 0.15) is 0 Å². The number of hydrogen-bond acceptors (Lipinski definition) is 6. The third kappa shape index (κ3) is 4.26. The van der Waals surface area contributed by atoms with Gasteiger partial charge in [-0.1, -0.05) is 29.8 Å². The van der Waals surface area contributed by atoms with Gasteiger partial charge < -0.3 is 9.47 Å². The van der Waals surface area contributed by atoms with Crippen LogP contribution in [0.25, 0.3) is 0 Å². The number of carbonyl (C=O) groups excluding carboxylic acids is 2. The van der Waals surface area contributed by atoms with E-state index < -0.39 is 0 Å². The van der Waals surface area contributed by atoms with Crippen LogP contribution in [-0.4, -0.2) is 30.5 Å². The quantitative estimate of drug-likeness (QED) is 0.719. The van der Waals surface area contributed by atoms with Gasteiger partial charge in [-0.15, -0.1) is 11.3 Å². The minimum Gasteiger partial charge on any atom is -0.469 e. The van der Waals surface area contributed by atoms with Gasteiger partial charge in [-0.3, -0.25) is 14.5 Å². The van der Waals surface area contributed by atoms with Crippen molar-refractivity contribution in [2.45, 2.75) is 32.4 Å². The van der Waals surface area contributed by atoms with Gasteiger partial charge in [0.2, 0.25) is 0 Å². The molecule has 1 aliphatic heterocycles. The first-order chi connectivity index (χ1) is 12.5. The first-order valence-electron chi connectivity index (χ1n) is 8.33. The number of nitrogens with zero attached hydrogens (tertiary/aromatic N) is 1. The number of esters is 2. The van der Waals surface area contributed by atoms with Crippen molar-refractivity contribution in [2.75, 3.05) is 13.7 Å². The number of hydrogen-bond donors (Lipinski definition) is 0. The number of methoxy groups -OCH3 is 1. The standard InChI is InChI=1S/C19H20ClNO4S/c1-12(22)25-19-9-13-11-21(8-7-17(13)26-19)16(10-18(23)24-2)14-5-3-4-6-15(14)20/h3-6,9,16H,7-8,10-11H2,1-2H3/t16-/m1/s1. The van der Waals surface area contributed by atoms with Crippen LogP contribution in [0.3, 0.4) is 0 Å². The largest absolute Gasteiger partial charge is 0.469 e. The van der Waals surface area contributed by atoms with Gasteiger partial charge in [0.05, 0.1) is 13.5 Å². The molecule has 5 nitrogen and oxygen atoms in total. The summed E-state index contributed by atoms with van der Waals surface area (Å²) in [5.74, 6) is -0.591. The highest BCUT2D eigenvalue weighted by Crippen LogP contribution is 2.38. The van der Waals surface area contributed by atoms with Crippen LogP contribution in [0.1, 0.15) is 35.4 Å². The predicted molar refractivity (Wildman–Crippen MR) is 101 cm³/mol. The molecule has 3 rings (SSSR count). The zero-order valence-corrected chi connectivity index (χ0v) is 16.2. The second kappa shape index (κ2) is 8.20. The third-order valence-corrected chi connectivity index (χ3v) is 5.87. The maximum Gasteiger partial charge on any atom is 0.308 e. The number of fused-ring (bicyclic) bond motifs is 1. The minimum absolute atomic E-state index is 0.165. The van der Waals surface area contributed by atoms with E-state index in [4.69, 9.17) is 21.1 Å². The van der Waals surface area contributed by atoms with Crippen LogP contribution in [0.4, 0.5) is 0 Å². The van der Waals surface area contributed by atoms with Crippen LogP contribution in [0.5, 0.6) is 5.06 Å². The molecule has 0 N–H and O–H groups in total. The predicted octanol–water partition coefficient (Wildman–Crippen LogP) is 3.99. The van der Waals surface area contributed by atoms with E-state index in [0.29, 0.717) is 16.6 Å². The summed E-state index contributed by atoms with van der Waals surface area (Å²) in [7, 11) is 1.39. The summed E-state index contributed by atoms with van der Waals surface area (Å²) in [6, 6.07) is 9.32. The van der Waals surface area contributed by atoms with Crippen LogP contribution in [0.2, 0.25) is 5.02 Å². The molecule has 0 saturated heterocycles. The van der Waals surface area contributed by atoms with Crippen molar-refractivity contribution in [1.82, 2.24) is 4.90 Å². The molecule has 0 fully saturated rings. The van der Waals surface area contributed by atoms with Gasteiger partial charge >= 0.3 is 11.9 Å². The van der Waals surface area contributed by atoms with E-state index in [9.17, 15) is 9.59 Å². The van der Waals surface area contributed by atoms with Crippen molar-refractivity contribution in [2.24, 2.45) is 0 Å². The Morgan fingerprint density at radius 1 is 1.35 bits per heavy atom. The normalized spacial score (nSPS) is 15.2. The maximum absolute atomic E-state index is 12.0. The molecule has 0 saturated carbocycles. The summed E-state index contributed by atoms with van der Waals surface area (Å²) in [6.07, 6.45) is 1.07. The van der Waals surface area contributed by atoms with Crippen LogP contribution in [0.15, 0.2) is 30.3 Å². The Morgan fingerprint density at radius 2 is 2.12 bits per heavy atom. The summed E-state index contributed by atoms with van der Waals surface area (Å²) in [6.45, 7) is 2.86. The molecule has 1 aromatic carbocycles. The van der Waals surface area contributed by atoms with E-state index in [-0.39, 0.29) is 24.4 Å². The van der Waals surface area contributed by atoms with Crippen LogP contribution < -0.4 is 4.74 Å². The van der Waals surface area contributed by atoms with E-state index in [2.05, 4.69) is 4.90 Å². The Morgan fingerprint density at radius 3 is 2.81 bits per heavy atom. The van der Waals surface area contributed by atoms with Crippen molar-refractivity contribution in [1.29, 1.82) is 0 Å². The first kappa shape index (κ1) is 18.9. The molecule has 7 heteroatoms. The number of rotatable bonds is 5. The molecule has 138 valence electrons. The lowest BCUT2D eigenvalue weighted by atomic mass is 9.98. The fourth-order valence-electron chi connectivity index (χ4n) is 3.21. The van der Waals surface area contributed by atoms with Crippen LogP contribution >= 0.6 is 22.9 Å². The van der Waals surface area contributed by atoms with Crippen molar-refractivity contribution < 1.29 is 19.1 Å². The second-order valence-electron chi connectivity index (χ2n) is 6.15. The Kier molecular flexibility index (Phi) is 5.96. The van der Waals surface area contributed by atoms with Crippen molar-refractivity contribution in [3.05, 3.63) is 51.4 Å². The molecule has 0 aliphatic carbocycles. The lowest BCUT2D eigenvalue weighted by molar-refractivity contribution is -0.142. The molecule has 2 heterocycles. The topological polar surface area (TPSA) is 55.8 Å². The highest BCUT2D eigenvalue weighted by molar-refractivity contribution is 7.14. The van der Waals surface area contributed by atoms with Crippen molar-refractivity contribution in [3.8, 4) is 5.06 Å². The van der Waals surface area contributed by atoms with Gasteiger partial charge in [0.25, 0.3) is 0 Å². The SMILES string of the molecule is COC(=O)C[C@H](c1ccccc1Cl)N1CCc2sc(OC(C)=O)cc2C1. The van der Waals surface area contributed by atoms with Gasteiger partial charge in [0, 0.05) is 36.0 Å². The number of halogens is 1. The summed E-state index contributed by atoms with van der Waals surface area (Å²) in [5.41, 5.74) is 2.04. The Labute approximate surface area is 161 Å². The van der Waals surface area contributed by atoms with Crippen LogP contribution in [-0.2, 0) is 27.3 Å². The van der Waals surface area contributed by atoms with Crippen molar-refractivity contribution >= 4 is 34.9 Å². The smallest absolute Gasteiger partial charge is 0.308 e. The number of benzene rings is 1. The zero-order chi connectivity index (χ0) is 18.7. The van der Waals surface area contributed by atoms with E-state index >= 15 is 0 Å². The molecular formula is C19H20ClNO4S. The molecule has 1 atom stereocenters. The molecular weight excluding hydrogens is 374 g/mol. The number of thiophene rings is 1. The fourth-order valence-corrected chi connectivity index (χ4v) is 4.52. The molecule has 1 aromatic heterocycles. The first-order valence-corrected chi connectivity index (χ1v) is 9.52. The van der Waals surface area contributed by atoms with Gasteiger partial charge in [-0.25, -0.2) is 0 Å². The third-order valence-electron chi connectivity index (χ3n) is 4.41. The summed E-state index contributed by atoms with van der Waals surface area (Å²) in [4.78, 5) is 26.6. The fraction of sp³-hybridized carbons (Fsp3) is 0.368. The zero-order valence-electron chi connectivity index (χ0n) is 14.7. The maximum atomic E-state index is 12.0. The summed E-state index contributed by atoms with van der Waals surface area (Å²) >= 11 is 7.90. The molecule has 0 amide bonds. The van der Waals surface area contributed by atoms with E-state index in [1.165, 1.54) is 30.2 Å². The summed E-state index contributed by atoms with van der Waals surface area (Å²) < 4.78 is 10.1. The molecule has 0 radical (unpaired) electrons. The van der Waals surface area contributed by atoms with E-state index in [1.807, 2.05) is 30.3 Å². The van der Waals surface area contributed by atoms with Gasteiger partial charge in [-0.2, -0.15) is 0 Å². The number of carbonyl (C=O) groups is 2. The average molecular weight is 394 g/mol. The monoisotopic (exact) mass is 393 g/mol. The molecule has 26 heavy (non-hydrogen) atoms. The molecule has 0 unspecified atom stereocenters. The average Bonchev–Trinajstić information content (AvgIpc) is 3.00. The number of ether oxygens (including phenoxy) is 2. The van der Waals surface area contributed by atoms with E-state index in [1.54, 1.807) is 0 Å². The van der Waals surface area contributed by atoms with Crippen LogP contribution in [0, 0.1) is 0 Å². The Balaban J connectivity index is 1.86. The Hall–Kier alpha value is -1.89. The highest BCUT2D eigenvalue weighted by atomic mass is 35.5. The second-order valence-corrected chi connectivity index (χ2v) is 7.65.